The third kappa shape index (κ3) is 3.16. The standard InChI is InChI=1S/C24H23N/c25-24-22(19-12-6-2-7-13-19)17-16-21(18-10-4-1-5-11-18)23(24)20-14-8-3-9-15-20/h1-17,21-24H,25H2/t21-,22+,23-,24-/m1/s1. The van der Waals surface area contributed by atoms with E-state index >= 15 is 0 Å². The molecular formula is C24H23N. The highest BCUT2D eigenvalue weighted by Gasteiger charge is 2.36. The van der Waals surface area contributed by atoms with Crippen LogP contribution in [0.15, 0.2) is 103 Å². The van der Waals surface area contributed by atoms with E-state index in [0.717, 1.165) is 0 Å². The van der Waals surface area contributed by atoms with Crippen molar-refractivity contribution in [3.63, 3.8) is 0 Å². The van der Waals surface area contributed by atoms with Crippen LogP contribution in [0, 0.1) is 0 Å². The van der Waals surface area contributed by atoms with E-state index in [1.165, 1.54) is 16.7 Å². The summed E-state index contributed by atoms with van der Waals surface area (Å²) in [7, 11) is 0. The molecule has 25 heavy (non-hydrogen) atoms. The summed E-state index contributed by atoms with van der Waals surface area (Å²) in [6, 6.07) is 32.1. The van der Waals surface area contributed by atoms with Crippen molar-refractivity contribution >= 4 is 0 Å². The van der Waals surface area contributed by atoms with E-state index in [9.17, 15) is 0 Å². The van der Waals surface area contributed by atoms with E-state index in [1.807, 2.05) is 0 Å². The molecule has 1 aliphatic rings. The number of hydrogen-bond acceptors (Lipinski definition) is 1. The molecule has 1 aliphatic carbocycles. The van der Waals surface area contributed by atoms with E-state index in [2.05, 4.69) is 103 Å². The molecule has 0 bridgehead atoms. The van der Waals surface area contributed by atoms with Crippen molar-refractivity contribution in [2.75, 3.05) is 0 Å². The van der Waals surface area contributed by atoms with Gasteiger partial charge in [-0.05, 0) is 16.7 Å². The lowest BCUT2D eigenvalue weighted by molar-refractivity contribution is 0.439. The van der Waals surface area contributed by atoms with Gasteiger partial charge in [-0.1, -0.05) is 103 Å². The van der Waals surface area contributed by atoms with Crippen molar-refractivity contribution < 1.29 is 0 Å². The third-order valence-electron chi connectivity index (χ3n) is 5.30. The Morgan fingerprint density at radius 1 is 0.480 bits per heavy atom. The Morgan fingerprint density at radius 2 is 0.880 bits per heavy atom. The van der Waals surface area contributed by atoms with Crippen LogP contribution in [0.5, 0.6) is 0 Å². The maximum Gasteiger partial charge on any atom is 0.0221 e. The summed E-state index contributed by atoms with van der Waals surface area (Å²) in [6.45, 7) is 0. The molecule has 0 saturated heterocycles. The molecular weight excluding hydrogens is 302 g/mol. The molecule has 0 aliphatic heterocycles. The Bertz CT molecular complexity index is 824. The minimum absolute atomic E-state index is 0.0417. The van der Waals surface area contributed by atoms with E-state index in [-0.39, 0.29) is 17.9 Å². The van der Waals surface area contributed by atoms with Crippen LogP contribution < -0.4 is 5.73 Å². The number of benzene rings is 3. The topological polar surface area (TPSA) is 26.0 Å². The zero-order chi connectivity index (χ0) is 17.1. The molecule has 1 nitrogen and oxygen atoms in total. The fraction of sp³-hybridized carbons (Fsp3) is 0.167. The predicted molar refractivity (Wildman–Crippen MR) is 105 cm³/mol. The van der Waals surface area contributed by atoms with Crippen LogP contribution in [-0.2, 0) is 0 Å². The molecule has 3 aromatic rings. The van der Waals surface area contributed by atoms with Crippen LogP contribution in [-0.4, -0.2) is 6.04 Å². The van der Waals surface area contributed by atoms with Gasteiger partial charge in [0.05, 0.1) is 0 Å². The summed E-state index contributed by atoms with van der Waals surface area (Å²) in [5.74, 6) is 0.809. The van der Waals surface area contributed by atoms with Gasteiger partial charge in [-0.15, -0.1) is 0 Å². The minimum atomic E-state index is 0.0417. The van der Waals surface area contributed by atoms with Gasteiger partial charge in [0.2, 0.25) is 0 Å². The average molecular weight is 325 g/mol. The SMILES string of the molecule is N[C@H]1[C@H](c2ccccc2)[C@@H](c2ccccc2)C=C[C@H]1c1ccccc1. The van der Waals surface area contributed by atoms with Crippen LogP contribution in [0.2, 0.25) is 0 Å². The van der Waals surface area contributed by atoms with Crippen molar-refractivity contribution in [2.45, 2.75) is 23.8 Å². The summed E-state index contributed by atoms with van der Waals surface area (Å²) in [4.78, 5) is 0. The van der Waals surface area contributed by atoms with E-state index in [0.29, 0.717) is 5.92 Å². The first-order valence-corrected chi connectivity index (χ1v) is 8.93. The molecule has 0 amide bonds. The first kappa shape index (κ1) is 15.9. The van der Waals surface area contributed by atoms with Crippen molar-refractivity contribution in [2.24, 2.45) is 5.73 Å². The van der Waals surface area contributed by atoms with Gasteiger partial charge in [0, 0.05) is 23.8 Å². The third-order valence-corrected chi connectivity index (χ3v) is 5.30. The van der Waals surface area contributed by atoms with Gasteiger partial charge in [-0.3, -0.25) is 0 Å². The Morgan fingerprint density at radius 3 is 1.40 bits per heavy atom. The molecule has 3 aromatic carbocycles. The maximum atomic E-state index is 6.86. The van der Waals surface area contributed by atoms with Crippen molar-refractivity contribution in [3.8, 4) is 0 Å². The molecule has 4 atom stereocenters. The summed E-state index contributed by atoms with van der Waals surface area (Å²) in [5.41, 5.74) is 10.8. The molecule has 124 valence electrons. The Hall–Kier alpha value is -2.64. The maximum absolute atomic E-state index is 6.86. The Kier molecular flexibility index (Phi) is 4.49. The van der Waals surface area contributed by atoms with Crippen LogP contribution >= 0.6 is 0 Å². The van der Waals surface area contributed by atoms with Crippen molar-refractivity contribution in [3.05, 3.63) is 120 Å². The highest BCUT2D eigenvalue weighted by molar-refractivity contribution is 5.40. The monoisotopic (exact) mass is 325 g/mol. The Balaban J connectivity index is 1.79. The second-order valence-electron chi connectivity index (χ2n) is 6.77. The van der Waals surface area contributed by atoms with Gasteiger partial charge in [-0.2, -0.15) is 0 Å². The van der Waals surface area contributed by atoms with Crippen LogP contribution in [0.3, 0.4) is 0 Å². The molecule has 0 spiro atoms. The van der Waals surface area contributed by atoms with Gasteiger partial charge in [-0.25, -0.2) is 0 Å². The smallest absolute Gasteiger partial charge is 0.0221 e. The van der Waals surface area contributed by atoms with Crippen LogP contribution in [0.1, 0.15) is 34.4 Å². The lowest BCUT2D eigenvalue weighted by Gasteiger charge is -2.38. The quantitative estimate of drug-likeness (QED) is 0.655. The largest absolute Gasteiger partial charge is 0.326 e. The lowest BCUT2D eigenvalue weighted by Crippen LogP contribution is -2.39. The van der Waals surface area contributed by atoms with Crippen LogP contribution in [0.25, 0.3) is 0 Å². The zero-order valence-electron chi connectivity index (χ0n) is 14.2. The van der Waals surface area contributed by atoms with E-state index < -0.39 is 0 Å². The number of hydrogen-bond donors (Lipinski definition) is 1. The highest BCUT2D eigenvalue weighted by Crippen LogP contribution is 2.44. The molecule has 0 aromatic heterocycles. The van der Waals surface area contributed by atoms with Gasteiger partial charge >= 0.3 is 0 Å². The molecule has 0 fully saturated rings. The molecule has 0 radical (unpaired) electrons. The van der Waals surface area contributed by atoms with Crippen LogP contribution in [0.4, 0.5) is 0 Å². The fourth-order valence-electron chi connectivity index (χ4n) is 4.06. The second kappa shape index (κ2) is 7.08. The fourth-order valence-corrected chi connectivity index (χ4v) is 4.06. The van der Waals surface area contributed by atoms with Crippen molar-refractivity contribution in [1.29, 1.82) is 0 Å². The average Bonchev–Trinajstić information content (AvgIpc) is 2.70. The Labute approximate surface area is 149 Å². The van der Waals surface area contributed by atoms with Gasteiger partial charge in [0.25, 0.3) is 0 Å². The summed E-state index contributed by atoms with van der Waals surface area (Å²) in [6.07, 6.45) is 4.66. The molecule has 0 saturated carbocycles. The lowest BCUT2D eigenvalue weighted by atomic mass is 9.68. The molecule has 0 unspecified atom stereocenters. The number of allylic oxidation sites excluding steroid dienone is 1. The van der Waals surface area contributed by atoms with Gasteiger partial charge in [0.15, 0.2) is 0 Å². The van der Waals surface area contributed by atoms with E-state index in [1.54, 1.807) is 0 Å². The molecule has 1 heteroatoms. The molecule has 0 heterocycles. The first-order chi connectivity index (χ1) is 12.3. The van der Waals surface area contributed by atoms with Gasteiger partial charge < -0.3 is 5.73 Å². The first-order valence-electron chi connectivity index (χ1n) is 8.93. The minimum Gasteiger partial charge on any atom is -0.326 e. The molecule has 4 rings (SSSR count). The van der Waals surface area contributed by atoms with E-state index in [4.69, 9.17) is 5.73 Å². The predicted octanol–water partition coefficient (Wildman–Crippen LogP) is 5.23. The summed E-state index contributed by atoms with van der Waals surface area (Å²) in [5, 5.41) is 0. The zero-order valence-corrected chi connectivity index (χ0v) is 14.2. The second-order valence-corrected chi connectivity index (χ2v) is 6.77. The van der Waals surface area contributed by atoms with Gasteiger partial charge in [0.1, 0.15) is 0 Å². The normalized spacial score (nSPS) is 25.6. The van der Waals surface area contributed by atoms with Crippen molar-refractivity contribution in [1.82, 2.24) is 0 Å². The summed E-state index contributed by atoms with van der Waals surface area (Å²) >= 11 is 0. The molecule has 2 N–H and O–H groups in total. The summed E-state index contributed by atoms with van der Waals surface area (Å²) < 4.78 is 0. The number of rotatable bonds is 3. The highest BCUT2D eigenvalue weighted by atomic mass is 14.7. The number of nitrogens with two attached hydrogens (primary N) is 1.